The van der Waals surface area contributed by atoms with Gasteiger partial charge in [0, 0.05) is 11.5 Å². The monoisotopic (exact) mass is 314 g/mol. The van der Waals surface area contributed by atoms with Gasteiger partial charge in [-0.05, 0) is 34.1 Å². The highest BCUT2D eigenvalue weighted by Crippen LogP contribution is 2.27. The van der Waals surface area contributed by atoms with E-state index in [4.69, 9.17) is 9.84 Å². The third-order valence-electron chi connectivity index (χ3n) is 2.99. The first kappa shape index (κ1) is 14.7. The molecule has 0 heterocycles. The van der Waals surface area contributed by atoms with Gasteiger partial charge < -0.3 is 9.84 Å². The van der Waals surface area contributed by atoms with Crippen molar-refractivity contribution >= 4 is 27.7 Å². The van der Waals surface area contributed by atoms with Gasteiger partial charge in [-0.2, -0.15) is 0 Å². The van der Waals surface area contributed by atoms with Gasteiger partial charge in [-0.25, -0.2) is 0 Å². The van der Waals surface area contributed by atoms with E-state index in [1.54, 1.807) is 25.1 Å². The number of halogens is 1. The third-order valence-corrected chi connectivity index (χ3v) is 3.61. The minimum atomic E-state index is -0.969. The van der Waals surface area contributed by atoms with Crippen molar-refractivity contribution < 1.29 is 19.4 Å². The molecule has 0 aliphatic carbocycles. The van der Waals surface area contributed by atoms with E-state index < -0.39 is 17.8 Å². The molecule has 1 aromatic carbocycles. The van der Waals surface area contributed by atoms with E-state index in [-0.39, 0.29) is 5.78 Å². The number of ketones is 1. The van der Waals surface area contributed by atoms with Gasteiger partial charge in [0.05, 0.1) is 17.5 Å². The zero-order chi connectivity index (χ0) is 13.9. The highest BCUT2D eigenvalue weighted by molar-refractivity contribution is 9.10. The lowest BCUT2D eigenvalue weighted by Gasteiger charge is -2.15. The van der Waals surface area contributed by atoms with Crippen LogP contribution in [0.3, 0.4) is 0 Å². The highest BCUT2D eigenvalue weighted by atomic mass is 79.9. The first-order chi connectivity index (χ1) is 8.38. The first-order valence-electron chi connectivity index (χ1n) is 5.49. The van der Waals surface area contributed by atoms with Crippen molar-refractivity contribution in [3.8, 4) is 5.75 Å². The normalized spacial score (nSPS) is 13.8. The van der Waals surface area contributed by atoms with E-state index in [9.17, 15) is 9.59 Å². The molecule has 0 spiro atoms. The Morgan fingerprint density at radius 1 is 1.28 bits per heavy atom. The SMILES string of the molecule is COc1ccc(C(=O)C(C)C(C)C(=O)O)cc1Br. The second-order valence-corrected chi connectivity index (χ2v) is 4.98. The molecular formula is C13H15BrO4. The van der Waals surface area contributed by atoms with Crippen LogP contribution in [0.15, 0.2) is 22.7 Å². The molecular weight excluding hydrogens is 300 g/mol. The Morgan fingerprint density at radius 3 is 2.33 bits per heavy atom. The minimum Gasteiger partial charge on any atom is -0.496 e. The summed E-state index contributed by atoms with van der Waals surface area (Å²) in [7, 11) is 1.54. The average molecular weight is 315 g/mol. The van der Waals surface area contributed by atoms with Gasteiger partial charge in [0.2, 0.25) is 0 Å². The predicted octanol–water partition coefficient (Wildman–Crippen LogP) is 3.00. The molecule has 0 aliphatic heterocycles. The summed E-state index contributed by atoms with van der Waals surface area (Å²) in [6.45, 7) is 3.16. The van der Waals surface area contributed by atoms with Gasteiger partial charge in [0.1, 0.15) is 5.75 Å². The number of aliphatic carboxylic acids is 1. The van der Waals surface area contributed by atoms with Gasteiger partial charge in [-0.15, -0.1) is 0 Å². The molecule has 98 valence electrons. The van der Waals surface area contributed by atoms with Gasteiger partial charge in [0.15, 0.2) is 5.78 Å². The predicted molar refractivity (Wildman–Crippen MR) is 71.0 cm³/mol. The van der Waals surface area contributed by atoms with Gasteiger partial charge in [0.25, 0.3) is 0 Å². The molecule has 0 saturated heterocycles. The first-order valence-corrected chi connectivity index (χ1v) is 6.28. The Hall–Kier alpha value is -1.36. The smallest absolute Gasteiger partial charge is 0.306 e. The number of carbonyl (C=O) groups excluding carboxylic acids is 1. The van der Waals surface area contributed by atoms with E-state index in [0.717, 1.165) is 0 Å². The van der Waals surface area contributed by atoms with Gasteiger partial charge in [-0.3, -0.25) is 9.59 Å². The Bertz CT molecular complexity index is 470. The Morgan fingerprint density at radius 2 is 1.89 bits per heavy atom. The highest BCUT2D eigenvalue weighted by Gasteiger charge is 2.26. The Kier molecular flexibility index (Phi) is 4.90. The maximum atomic E-state index is 12.1. The molecule has 1 aromatic rings. The fourth-order valence-electron chi connectivity index (χ4n) is 1.52. The second-order valence-electron chi connectivity index (χ2n) is 4.13. The molecule has 5 heteroatoms. The molecule has 1 rings (SSSR count). The second kappa shape index (κ2) is 6.00. The summed E-state index contributed by atoms with van der Waals surface area (Å²) >= 11 is 3.30. The number of Topliss-reactive ketones (excluding diaryl/α,β-unsaturated/α-hetero) is 1. The molecule has 1 N–H and O–H groups in total. The molecule has 18 heavy (non-hydrogen) atoms. The number of hydrogen-bond acceptors (Lipinski definition) is 3. The largest absolute Gasteiger partial charge is 0.496 e. The summed E-state index contributed by atoms with van der Waals surface area (Å²) in [5.74, 6) is -1.80. The van der Waals surface area contributed by atoms with Crippen LogP contribution < -0.4 is 4.74 Å². The molecule has 4 nitrogen and oxygen atoms in total. The summed E-state index contributed by atoms with van der Waals surface area (Å²) < 4.78 is 5.75. The molecule has 0 saturated carbocycles. The number of carbonyl (C=O) groups is 2. The molecule has 0 fully saturated rings. The molecule has 0 bridgehead atoms. The lowest BCUT2D eigenvalue weighted by atomic mass is 9.88. The van der Waals surface area contributed by atoms with Crippen molar-refractivity contribution in [3.05, 3.63) is 28.2 Å². The standard InChI is InChI=1S/C13H15BrO4/c1-7(8(2)13(16)17)12(15)9-4-5-11(18-3)10(14)6-9/h4-8H,1-3H3,(H,16,17). The van der Waals surface area contributed by atoms with Crippen LogP contribution in [0.25, 0.3) is 0 Å². The van der Waals surface area contributed by atoms with Crippen LogP contribution in [-0.2, 0) is 4.79 Å². The van der Waals surface area contributed by atoms with E-state index >= 15 is 0 Å². The maximum absolute atomic E-state index is 12.1. The number of carboxylic acids is 1. The number of methoxy groups -OCH3 is 1. The summed E-state index contributed by atoms with van der Waals surface area (Å²) in [6.07, 6.45) is 0. The van der Waals surface area contributed by atoms with Crippen molar-refractivity contribution in [1.82, 2.24) is 0 Å². The van der Waals surface area contributed by atoms with Gasteiger partial charge in [-0.1, -0.05) is 13.8 Å². The Balaban J connectivity index is 2.97. The van der Waals surface area contributed by atoms with Crippen LogP contribution in [0, 0.1) is 11.8 Å². The summed E-state index contributed by atoms with van der Waals surface area (Å²) in [4.78, 5) is 23.0. The fraction of sp³-hybridized carbons (Fsp3) is 0.385. The third kappa shape index (κ3) is 3.10. The fourth-order valence-corrected chi connectivity index (χ4v) is 2.06. The molecule has 0 radical (unpaired) electrons. The summed E-state index contributed by atoms with van der Waals surface area (Å²) in [5, 5.41) is 8.90. The van der Waals surface area contributed by atoms with Crippen LogP contribution in [0.4, 0.5) is 0 Å². The average Bonchev–Trinajstić information content (AvgIpc) is 2.35. The minimum absolute atomic E-state index is 0.187. The van der Waals surface area contributed by atoms with E-state index in [2.05, 4.69) is 15.9 Å². The van der Waals surface area contributed by atoms with Crippen molar-refractivity contribution in [1.29, 1.82) is 0 Å². The van der Waals surface area contributed by atoms with Crippen molar-refractivity contribution in [3.63, 3.8) is 0 Å². The number of benzene rings is 1. The molecule has 0 aliphatic rings. The van der Waals surface area contributed by atoms with Crippen LogP contribution in [-0.4, -0.2) is 24.0 Å². The lowest BCUT2D eigenvalue weighted by molar-refractivity contribution is -0.142. The number of rotatable bonds is 5. The molecule has 2 atom stereocenters. The van der Waals surface area contributed by atoms with Crippen molar-refractivity contribution in [2.45, 2.75) is 13.8 Å². The number of carboxylic acid groups (broad SMARTS) is 1. The van der Waals surface area contributed by atoms with Crippen molar-refractivity contribution in [2.24, 2.45) is 11.8 Å². The maximum Gasteiger partial charge on any atom is 0.306 e. The molecule has 0 aromatic heterocycles. The van der Waals surface area contributed by atoms with Crippen LogP contribution in [0.2, 0.25) is 0 Å². The van der Waals surface area contributed by atoms with E-state index in [0.29, 0.717) is 15.8 Å². The number of hydrogen-bond donors (Lipinski definition) is 1. The molecule has 2 unspecified atom stereocenters. The van der Waals surface area contributed by atoms with Gasteiger partial charge >= 0.3 is 5.97 Å². The summed E-state index contributed by atoms with van der Waals surface area (Å²) in [5.41, 5.74) is 0.475. The van der Waals surface area contributed by atoms with Crippen LogP contribution in [0.1, 0.15) is 24.2 Å². The Labute approximate surface area is 114 Å². The zero-order valence-electron chi connectivity index (χ0n) is 10.4. The molecule has 0 amide bonds. The van der Waals surface area contributed by atoms with Crippen LogP contribution in [0.5, 0.6) is 5.75 Å². The number of ether oxygens (including phenoxy) is 1. The zero-order valence-corrected chi connectivity index (χ0v) is 12.0. The van der Waals surface area contributed by atoms with Crippen LogP contribution >= 0.6 is 15.9 Å². The van der Waals surface area contributed by atoms with E-state index in [1.165, 1.54) is 14.0 Å². The lowest BCUT2D eigenvalue weighted by Crippen LogP contribution is -2.25. The van der Waals surface area contributed by atoms with Crippen molar-refractivity contribution in [2.75, 3.05) is 7.11 Å². The topological polar surface area (TPSA) is 63.6 Å². The summed E-state index contributed by atoms with van der Waals surface area (Å²) in [6, 6.07) is 4.96. The quantitative estimate of drug-likeness (QED) is 0.849. The van der Waals surface area contributed by atoms with E-state index in [1.807, 2.05) is 0 Å².